The maximum atomic E-state index is 6.03. The molecule has 0 bridgehead atoms. The van der Waals surface area contributed by atoms with Crippen molar-refractivity contribution < 1.29 is 4.74 Å². The second-order valence-corrected chi connectivity index (χ2v) is 6.56. The Morgan fingerprint density at radius 3 is 2.81 bits per heavy atom. The SMILES string of the molecule is Cc1ccc(Oc2ncc(Br)cc2CNC2CC2)c(C)c1. The zero-order valence-corrected chi connectivity index (χ0v) is 13.9. The first-order chi connectivity index (χ1) is 10.1. The van der Waals surface area contributed by atoms with E-state index in [0.717, 1.165) is 27.9 Å². The molecule has 1 aliphatic carbocycles. The Labute approximate surface area is 133 Å². The van der Waals surface area contributed by atoms with Crippen molar-refractivity contribution in [3.63, 3.8) is 0 Å². The van der Waals surface area contributed by atoms with Crippen molar-refractivity contribution in [2.24, 2.45) is 0 Å². The number of benzene rings is 1. The minimum absolute atomic E-state index is 0.665. The number of nitrogens with zero attached hydrogens (tertiary/aromatic N) is 1. The number of hydrogen-bond acceptors (Lipinski definition) is 3. The van der Waals surface area contributed by atoms with Gasteiger partial charge in [0, 0.05) is 28.8 Å². The molecule has 21 heavy (non-hydrogen) atoms. The molecule has 0 radical (unpaired) electrons. The van der Waals surface area contributed by atoms with Gasteiger partial charge in [-0.1, -0.05) is 17.7 Å². The average molecular weight is 347 g/mol. The molecule has 3 nitrogen and oxygen atoms in total. The number of aryl methyl sites for hydroxylation is 2. The van der Waals surface area contributed by atoms with Gasteiger partial charge in [-0.2, -0.15) is 0 Å². The van der Waals surface area contributed by atoms with Gasteiger partial charge in [0.1, 0.15) is 5.75 Å². The van der Waals surface area contributed by atoms with E-state index in [9.17, 15) is 0 Å². The average Bonchev–Trinajstić information content (AvgIpc) is 3.26. The molecule has 0 aliphatic heterocycles. The van der Waals surface area contributed by atoms with Crippen molar-refractivity contribution in [1.82, 2.24) is 10.3 Å². The van der Waals surface area contributed by atoms with Crippen LogP contribution in [0.5, 0.6) is 11.6 Å². The highest BCUT2D eigenvalue weighted by atomic mass is 79.9. The van der Waals surface area contributed by atoms with Crippen LogP contribution in [0.1, 0.15) is 29.5 Å². The van der Waals surface area contributed by atoms with E-state index in [1.807, 2.05) is 6.07 Å². The summed E-state index contributed by atoms with van der Waals surface area (Å²) in [6.45, 7) is 4.93. The number of rotatable bonds is 5. The van der Waals surface area contributed by atoms with E-state index in [-0.39, 0.29) is 0 Å². The largest absolute Gasteiger partial charge is 0.438 e. The summed E-state index contributed by atoms with van der Waals surface area (Å²) in [4.78, 5) is 4.43. The molecule has 110 valence electrons. The fourth-order valence-corrected chi connectivity index (χ4v) is 2.63. The third-order valence-corrected chi connectivity index (χ3v) is 4.02. The third kappa shape index (κ3) is 3.83. The predicted octanol–water partition coefficient (Wildman–Crippen LogP) is 4.51. The van der Waals surface area contributed by atoms with Crippen molar-refractivity contribution in [2.45, 2.75) is 39.3 Å². The maximum Gasteiger partial charge on any atom is 0.223 e. The van der Waals surface area contributed by atoms with Gasteiger partial charge in [-0.3, -0.25) is 0 Å². The molecule has 0 atom stereocenters. The number of nitrogens with one attached hydrogen (secondary N) is 1. The van der Waals surface area contributed by atoms with E-state index in [2.05, 4.69) is 58.3 Å². The molecule has 1 N–H and O–H groups in total. The van der Waals surface area contributed by atoms with Crippen molar-refractivity contribution in [3.8, 4) is 11.6 Å². The molecular formula is C17H19BrN2O. The molecule has 1 fully saturated rings. The number of ether oxygens (including phenoxy) is 1. The van der Waals surface area contributed by atoms with E-state index < -0.39 is 0 Å². The van der Waals surface area contributed by atoms with Crippen LogP contribution in [-0.2, 0) is 6.54 Å². The lowest BCUT2D eigenvalue weighted by Gasteiger charge is -2.13. The molecule has 3 rings (SSSR count). The number of aromatic nitrogens is 1. The van der Waals surface area contributed by atoms with Crippen LogP contribution in [0.4, 0.5) is 0 Å². The standard InChI is InChI=1S/C17H19BrN2O/c1-11-3-6-16(12(2)7-11)21-17-13(8-14(18)10-20-17)9-19-15-4-5-15/h3,6-8,10,15,19H,4-5,9H2,1-2H3. The Morgan fingerprint density at radius 2 is 2.10 bits per heavy atom. The number of hydrogen-bond donors (Lipinski definition) is 1. The predicted molar refractivity (Wildman–Crippen MR) is 87.8 cm³/mol. The van der Waals surface area contributed by atoms with Crippen LogP contribution in [0.3, 0.4) is 0 Å². The van der Waals surface area contributed by atoms with Gasteiger partial charge in [-0.05, 0) is 60.3 Å². The van der Waals surface area contributed by atoms with Gasteiger partial charge in [0.2, 0.25) is 5.88 Å². The molecule has 1 aliphatic rings. The van der Waals surface area contributed by atoms with Crippen molar-refractivity contribution in [3.05, 3.63) is 51.6 Å². The van der Waals surface area contributed by atoms with Gasteiger partial charge in [-0.25, -0.2) is 4.98 Å². The lowest BCUT2D eigenvalue weighted by molar-refractivity contribution is 0.449. The number of pyridine rings is 1. The summed E-state index contributed by atoms with van der Waals surface area (Å²) >= 11 is 3.48. The molecule has 1 aromatic heterocycles. The minimum Gasteiger partial charge on any atom is -0.438 e. The molecule has 1 aromatic carbocycles. The van der Waals surface area contributed by atoms with Crippen molar-refractivity contribution in [1.29, 1.82) is 0 Å². The highest BCUT2D eigenvalue weighted by Gasteiger charge is 2.21. The molecule has 0 spiro atoms. The summed E-state index contributed by atoms with van der Waals surface area (Å²) in [7, 11) is 0. The summed E-state index contributed by atoms with van der Waals surface area (Å²) in [5, 5.41) is 3.51. The summed E-state index contributed by atoms with van der Waals surface area (Å²) in [5.41, 5.74) is 3.44. The topological polar surface area (TPSA) is 34.1 Å². The first-order valence-electron chi connectivity index (χ1n) is 7.25. The van der Waals surface area contributed by atoms with Crippen LogP contribution >= 0.6 is 15.9 Å². The van der Waals surface area contributed by atoms with Crippen LogP contribution in [-0.4, -0.2) is 11.0 Å². The molecule has 1 saturated carbocycles. The second-order valence-electron chi connectivity index (χ2n) is 5.64. The summed E-state index contributed by atoms with van der Waals surface area (Å²) in [5.74, 6) is 1.54. The molecule has 0 amide bonds. The van der Waals surface area contributed by atoms with Gasteiger partial charge in [0.25, 0.3) is 0 Å². The first-order valence-corrected chi connectivity index (χ1v) is 8.04. The quantitative estimate of drug-likeness (QED) is 0.864. The molecule has 0 saturated heterocycles. The highest BCUT2D eigenvalue weighted by molar-refractivity contribution is 9.10. The molecule has 1 heterocycles. The Morgan fingerprint density at radius 1 is 1.29 bits per heavy atom. The van der Waals surface area contributed by atoms with Gasteiger partial charge in [0.05, 0.1) is 0 Å². The number of halogens is 1. The van der Waals surface area contributed by atoms with Crippen LogP contribution in [0.2, 0.25) is 0 Å². The van der Waals surface area contributed by atoms with Gasteiger partial charge in [0.15, 0.2) is 0 Å². The molecular weight excluding hydrogens is 328 g/mol. The Hall–Kier alpha value is -1.39. The summed E-state index contributed by atoms with van der Waals surface area (Å²) in [6.07, 6.45) is 4.32. The lowest BCUT2D eigenvalue weighted by Crippen LogP contribution is -2.16. The zero-order valence-electron chi connectivity index (χ0n) is 12.3. The fraction of sp³-hybridized carbons (Fsp3) is 0.353. The maximum absolute atomic E-state index is 6.03. The summed E-state index contributed by atoms with van der Waals surface area (Å²) < 4.78 is 7.01. The minimum atomic E-state index is 0.665. The fourth-order valence-electron chi connectivity index (χ4n) is 2.25. The molecule has 2 aromatic rings. The van der Waals surface area contributed by atoms with Crippen LogP contribution in [0.15, 0.2) is 34.9 Å². The normalized spacial score (nSPS) is 14.2. The first kappa shape index (κ1) is 14.5. The summed E-state index contributed by atoms with van der Waals surface area (Å²) in [6, 6.07) is 8.92. The smallest absolute Gasteiger partial charge is 0.223 e. The third-order valence-electron chi connectivity index (χ3n) is 3.59. The van der Waals surface area contributed by atoms with Gasteiger partial charge in [-0.15, -0.1) is 0 Å². The van der Waals surface area contributed by atoms with Crippen LogP contribution in [0, 0.1) is 13.8 Å². The van der Waals surface area contributed by atoms with E-state index in [1.54, 1.807) is 6.20 Å². The monoisotopic (exact) mass is 346 g/mol. The molecule has 4 heteroatoms. The lowest BCUT2D eigenvalue weighted by atomic mass is 10.1. The van der Waals surface area contributed by atoms with Crippen molar-refractivity contribution in [2.75, 3.05) is 0 Å². The van der Waals surface area contributed by atoms with Gasteiger partial charge < -0.3 is 10.1 Å². The Balaban J connectivity index is 1.82. The second kappa shape index (κ2) is 6.16. The Bertz CT molecular complexity index is 653. The van der Waals surface area contributed by atoms with E-state index in [4.69, 9.17) is 4.74 Å². The highest BCUT2D eigenvalue weighted by Crippen LogP contribution is 2.29. The van der Waals surface area contributed by atoms with E-state index in [1.165, 1.54) is 18.4 Å². The van der Waals surface area contributed by atoms with E-state index >= 15 is 0 Å². The van der Waals surface area contributed by atoms with E-state index in [0.29, 0.717) is 11.9 Å². The van der Waals surface area contributed by atoms with Crippen molar-refractivity contribution >= 4 is 15.9 Å². The van der Waals surface area contributed by atoms with Crippen LogP contribution in [0.25, 0.3) is 0 Å². The van der Waals surface area contributed by atoms with Crippen LogP contribution < -0.4 is 10.1 Å². The zero-order chi connectivity index (χ0) is 14.8. The molecule has 0 unspecified atom stereocenters. The van der Waals surface area contributed by atoms with Gasteiger partial charge >= 0.3 is 0 Å². The Kier molecular flexibility index (Phi) is 4.27.